The number of amides is 1. The Bertz CT molecular complexity index is 1030. The highest BCUT2D eigenvalue weighted by Crippen LogP contribution is 2.23. The molecule has 4 rings (SSSR count). The molecule has 1 amide bonds. The maximum atomic E-state index is 12.7. The van der Waals surface area contributed by atoms with Crippen molar-refractivity contribution in [2.45, 2.75) is 45.6 Å². The lowest BCUT2D eigenvalue weighted by Crippen LogP contribution is -2.43. The molecule has 3 aromatic rings. The predicted molar refractivity (Wildman–Crippen MR) is 116 cm³/mol. The van der Waals surface area contributed by atoms with Crippen molar-refractivity contribution in [3.8, 4) is 5.75 Å². The summed E-state index contributed by atoms with van der Waals surface area (Å²) >= 11 is 0. The minimum Gasteiger partial charge on any atom is -0.493 e. The summed E-state index contributed by atoms with van der Waals surface area (Å²) in [7, 11) is 0. The van der Waals surface area contributed by atoms with Gasteiger partial charge in [0.1, 0.15) is 23.2 Å². The summed E-state index contributed by atoms with van der Waals surface area (Å²) in [6.45, 7) is 8.12. The quantitative estimate of drug-likeness (QED) is 0.575. The number of benzene rings is 1. The molecule has 170 valence electrons. The number of nitrogens with one attached hydrogen (secondary N) is 1. The van der Waals surface area contributed by atoms with E-state index in [4.69, 9.17) is 9.47 Å². The molecule has 3 heterocycles. The number of ether oxygens (including phenoxy) is 2. The topological polar surface area (TPSA) is 106 Å². The Morgan fingerprint density at radius 3 is 2.81 bits per heavy atom. The van der Waals surface area contributed by atoms with E-state index in [9.17, 15) is 4.79 Å². The van der Waals surface area contributed by atoms with Gasteiger partial charge in [-0.25, -0.2) is 4.63 Å². The highest BCUT2D eigenvalue weighted by molar-refractivity contribution is 5.78. The van der Waals surface area contributed by atoms with Crippen molar-refractivity contribution in [2.75, 3.05) is 26.3 Å². The third kappa shape index (κ3) is 5.34. The number of hydrogen-bond donors (Lipinski definition) is 1. The van der Waals surface area contributed by atoms with Gasteiger partial charge in [0.05, 0.1) is 31.9 Å². The summed E-state index contributed by atoms with van der Waals surface area (Å²) < 4.78 is 16.4. The van der Waals surface area contributed by atoms with Gasteiger partial charge in [0, 0.05) is 18.7 Å². The number of carbonyl (C=O) groups is 1. The number of nitrogens with zero attached hydrogens (tertiary/aromatic N) is 4. The maximum Gasteiger partial charge on any atom is 0.228 e. The van der Waals surface area contributed by atoms with E-state index in [0.717, 1.165) is 17.1 Å². The van der Waals surface area contributed by atoms with Gasteiger partial charge in [-0.05, 0) is 36.6 Å². The Labute approximate surface area is 187 Å². The standard InChI is InChI=1S/C23H29N5O4/c1-15(2)17-4-6-19(7-5-17)30-10-8-18-12-21(25-24-18)22-14-28(9-11-31-22)23(29)13-20-16(3)26-32-27-20/h4-7,12,15,22H,8-11,13-14H2,1-3H3,(H,24,25)/t22-/m0/s1. The van der Waals surface area contributed by atoms with Gasteiger partial charge in [-0.15, -0.1) is 0 Å². The van der Waals surface area contributed by atoms with Crippen LogP contribution in [0.1, 0.15) is 54.2 Å². The van der Waals surface area contributed by atoms with Crippen molar-refractivity contribution in [3.63, 3.8) is 0 Å². The number of aromatic nitrogens is 4. The molecule has 1 aromatic carbocycles. The smallest absolute Gasteiger partial charge is 0.228 e. The average molecular weight is 440 g/mol. The molecular formula is C23H29N5O4. The zero-order valence-electron chi connectivity index (χ0n) is 18.7. The van der Waals surface area contributed by atoms with Gasteiger partial charge in [0.25, 0.3) is 0 Å². The highest BCUT2D eigenvalue weighted by atomic mass is 16.6. The van der Waals surface area contributed by atoms with Gasteiger partial charge in [-0.1, -0.05) is 36.3 Å². The molecule has 1 aliphatic heterocycles. The molecule has 1 fully saturated rings. The number of H-pyrrole nitrogens is 1. The third-order valence-electron chi connectivity index (χ3n) is 5.65. The van der Waals surface area contributed by atoms with Crippen LogP contribution in [0, 0.1) is 6.92 Å². The van der Waals surface area contributed by atoms with E-state index < -0.39 is 0 Å². The van der Waals surface area contributed by atoms with E-state index in [0.29, 0.717) is 50.0 Å². The zero-order chi connectivity index (χ0) is 22.5. The van der Waals surface area contributed by atoms with E-state index in [2.05, 4.69) is 51.1 Å². The summed E-state index contributed by atoms with van der Waals surface area (Å²) in [5.41, 5.74) is 4.26. The molecule has 0 aliphatic carbocycles. The summed E-state index contributed by atoms with van der Waals surface area (Å²) in [5.74, 6) is 1.34. The van der Waals surface area contributed by atoms with Crippen LogP contribution >= 0.6 is 0 Å². The van der Waals surface area contributed by atoms with Crippen LogP contribution in [0.4, 0.5) is 0 Å². The first-order valence-electron chi connectivity index (χ1n) is 10.9. The number of hydrogen-bond acceptors (Lipinski definition) is 7. The van der Waals surface area contributed by atoms with E-state index in [1.165, 1.54) is 5.56 Å². The minimum absolute atomic E-state index is 0.0234. The van der Waals surface area contributed by atoms with Gasteiger partial charge in [-0.3, -0.25) is 9.89 Å². The van der Waals surface area contributed by atoms with Crippen molar-refractivity contribution >= 4 is 5.91 Å². The maximum absolute atomic E-state index is 12.7. The van der Waals surface area contributed by atoms with Crippen molar-refractivity contribution in [3.05, 3.63) is 58.7 Å². The van der Waals surface area contributed by atoms with Crippen molar-refractivity contribution in [2.24, 2.45) is 0 Å². The molecule has 1 saturated heterocycles. The fraction of sp³-hybridized carbons (Fsp3) is 0.478. The molecule has 9 heteroatoms. The van der Waals surface area contributed by atoms with Crippen LogP contribution in [0.15, 0.2) is 35.0 Å². The summed E-state index contributed by atoms with van der Waals surface area (Å²) in [4.78, 5) is 14.4. The number of morpholine rings is 1. The van der Waals surface area contributed by atoms with Gasteiger partial charge in [-0.2, -0.15) is 5.10 Å². The fourth-order valence-corrected chi connectivity index (χ4v) is 3.62. The Morgan fingerprint density at radius 2 is 2.09 bits per heavy atom. The first kappa shape index (κ1) is 22.0. The molecule has 0 radical (unpaired) electrons. The zero-order valence-corrected chi connectivity index (χ0v) is 18.7. The monoisotopic (exact) mass is 439 g/mol. The number of rotatable bonds is 8. The molecule has 0 unspecified atom stereocenters. The van der Waals surface area contributed by atoms with E-state index in [-0.39, 0.29) is 18.4 Å². The lowest BCUT2D eigenvalue weighted by molar-refractivity contribution is -0.138. The Morgan fingerprint density at radius 1 is 1.28 bits per heavy atom. The van der Waals surface area contributed by atoms with Crippen LogP contribution in [-0.2, 0) is 22.4 Å². The molecule has 2 aromatic heterocycles. The second-order valence-corrected chi connectivity index (χ2v) is 8.31. The van der Waals surface area contributed by atoms with Crippen molar-refractivity contribution < 1.29 is 18.9 Å². The van der Waals surface area contributed by atoms with Crippen molar-refractivity contribution in [1.82, 2.24) is 25.4 Å². The molecule has 1 atom stereocenters. The van der Waals surface area contributed by atoms with Gasteiger partial charge >= 0.3 is 0 Å². The molecule has 32 heavy (non-hydrogen) atoms. The Kier molecular flexibility index (Phi) is 6.84. The number of aryl methyl sites for hydroxylation is 1. The van der Waals surface area contributed by atoms with Crippen molar-refractivity contribution in [1.29, 1.82) is 0 Å². The van der Waals surface area contributed by atoms with Crippen LogP contribution in [0.2, 0.25) is 0 Å². The van der Waals surface area contributed by atoms with E-state index in [1.807, 2.05) is 18.2 Å². The Hall–Kier alpha value is -3.20. The molecule has 0 spiro atoms. The highest BCUT2D eigenvalue weighted by Gasteiger charge is 2.28. The normalized spacial score (nSPS) is 16.5. The lowest BCUT2D eigenvalue weighted by atomic mass is 10.0. The first-order chi connectivity index (χ1) is 15.5. The molecule has 0 saturated carbocycles. The largest absolute Gasteiger partial charge is 0.493 e. The van der Waals surface area contributed by atoms with Crippen LogP contribution in [0.25, 0.3) is 0 Å². The fourth-order valence-electron chi connectivity index (χ4n) is 3.62. The second-order valence-electron chi connectivity index (χ2n) is 8.31. The summed E-state index contributed by atoms with van der Waals surface area (Å²) in [6, 6.07) is 10.2. The van der Waals surface area contributed by atoms with Crippen LogP contribution in [-0.4, -0.2) is 57.6 Å². The van der Waals surface area contributed by atoms with Crippen LogP contribution in [0.5, 0.6) is 5.75 Å². The predicted octanol–water partition coefficient (Wildman–Crippen LogP) is 2.99. The minimum atomic E-state index is -0.265. The molecule has 1 aliphatic rings. The van der Waals surface area contributed by atoms with Crippen LogP contribution in [0.3, 0.4) is 0 Å². The lowest BCUT2D eigenvalue weighted by Gasteiger charge is -2.32. The van der Waals surface area contributed by atoms with E-state index >= 15 is 0 Å². The van der Waals surface area contributed by atoms with Crippen LogP contribution < -0.4 is 4.74 Å². The summed E-state index contributed by atoms with van der Waals surface area (Å²) in [5, 5.41) is 15.0. The molecular weight excluding hydrogens is 410 g/mol. The molecule has 9 nitrogen and oxygen atoms in total. The third-order valence-corrected chi connectivity index (χ3v) is 5.65. The average Bonchev–Trinajstić information content (AvgIpc) is 3.43. The van der Waals surface area contributed by atoms with Gasteiger partial charge in [0.15, 0.2) is 0 Å². The van der Waals surface area contributed by atoms with Gasteiger partial charge < -0.3 is 14.4 Å². The second kappa shape index (κ2) is 9.95. The number of aromatic amines is 1. The van der Waals surface area contributed by atoms with E-state index in [1.54, 1.807) is 11.8 Å². The first-order valence-corrected chi connectivity index (χ1v) is 10.9. The Balaban J connectivity index is 1.28. The molecule has 1 N–H and O–H groups in total. The van der Waals surface area contributed by atoms with Gasteiger partial charge in [0.2, 0.25) is 5.91 Å². The SMILES string of the molecule is Cc1nonc1CC(=O)N1CCO[C@H](c2cc(CCOc3ccc(C(C)C)cc3)[nH]n2)C1. The summed E-state index contributed by atoms with van der Waals surface area (Å²) in [6.07, 6.45) is 0.606. The number of carbonyl (C=O) groups excluding carboxylic acids is 1. The molecule has 0 bridgehead atoms.